The fourth-order valence-electron chi connectivity index (χ4n) is 1.81. The maximum absolute atomic E-state index is 12.5. The van der Waals surface area contributed by atoms with Crippen LogP contribution in [0.2, 0.25) is 0 Å². The molecule has 1 amide bonds. The number of halogens is 3. The van der Waals surface area contributed by atoms with Crippen molar-refractivity contribution < 1.29 is 27.5 Å². The van der Waals surface area contributed by atoms with Crippen LogP contribution in [0.4, 0.5) is 13.2 Å². The summed E-state index contributed by atoms with van der Waals surface area (Å²) >= 11 is 0. The maximum atomic E-state index is 12.5. The lowest BCUT2D eigenvalue weighted by atomic mass is 10.0. The number of benzene rings is 1. The largest absolute Gasteiger partial charge is 0.467 e. The van der Waals surface area contributed by atoms with Gasteiger partial charge in [0, 0.05) is 11.5 Å². The Bertz CT molecular complexity index is 606. The van der Waals surface area contributed by atoms with Gasteiger partial charge in [0.2, 0.25) is 0 Å². The van der Waals surface area contributed by atoms with Gasteiger partial charge in [-0.15, -0.1) is 0 Å². The Labute approximate surface area is 131 Å². The second kappa shape index (κ2) is 7.63. The minimum atomic E-state index is -4.49. The van der Waals surface area contributed by atoms with Gasteiger partial charge in [-0.2, -0.15) is 18.4 Å². The molecular weight excluding hydrogens is 313 g/mol. The molecule has 0 saturated heterocycles. The Morgan fingerprint density at radius 1 is 1.30 bits per heavy atom. The van der Waals surface area contributed by atoms with E-state index in [9.17, 15) is 22.8 Å². The first kappa shape index (κ1) is 18.5. The predicted octanol–water partition coefficient (Wildman–Crippen LogP) is 2.53. The van der Waals surface area contributed by atoms with Crippen molar-refractivity contribution in [3.8, 4) is 6.07 Å². The molecular formula is C15H15F3N2O3. The number of hydrogen-bond donors (Lipinski definition) is 1. The monoisotopic (exact) mass is 328 g/mol. The van der Waals surface area contributed by atoms with Gasteiger partial charge in [0.25, 0.3) is 5.91 Å². The third-order valence-electron chi connectivity index (χ3n) is 3.08. The lowest BCUT2D eigenvalue weighted by Crippen LogP contribution is -2.42. The van der Waals surface area contributed by atoms with Crippen molar-refractivity contribution in [3.63, 3.8) is 0 Å². The smallest absolute Gasteiger partial charge is 0.416 e. The summed E-state index contributed by atoms with van der Waals surface area (Å²) in [7, 11) is 1.14. The van der Waals surface area contributed by atoms with Crippen LogP contribution >= 0.6 is 0 Å². The van der Waals surface area contributed by atoms with E-state index >= 15 is 0 Å². The summed E-state index contributed by atoms with van der Waals surface area (Å²) in [5.74, 6) is -1.96. The normalized spacial score (nSPS) is 13.6. The molecule has 1 aromatic rings. The number of rotatable bonds is 5. The minimum Gasteiger partial charge on any atom is -0.467 e. The van der Waals surface area contributed by atoms with Gasteiger partial charge < -0.3 is 10.1 Å². The van der Waals surface area contributed by atoms with Gasteiger partial charge in [-0.05, 0) is 37.6 Å². The molecule has 0 aliphatic rings. The van der Waals surface area contributed by atoms with Gasteiger partial charge >= 0.3 is 12.1 Å². The molecule has 0 heterocycles. The molecule has 1 rings (SSSR count). The average Bonchev–Trinajstić information content (AvgIpc) is 2.52. The number of carbonyl (C=O) groups excluding carboxylic acids is 2. The van der Waals surface area contributed by atoms with Crippen LogP contribution in [0.25, 0.3) is 0 Å². The van der Waals surface area contributed by atoms with E-state index in [1.807, 2.05) is 6.07 Å². The number of methoxy groups -OCH3 is 1. The Morgan fingerprint density at radius 2 is 1.87 bits per heavy atom. The molecule has 0 aliphatic heterocycles. The van der Waals surface area contributed by atoms with Crippen LogP contribution in [0.5, 0.6) is 0 Å². The molecule has 0 bridgehead atoms. The van der Waals surface area contributed by atoms with E-state index in [-0.39, 0.29) is 12.0 Å². The van der Waals surface area contributed by atoms with E-state index in [0.717, 1.165) is 31.4 Å². The van der Waals surface area contributed by atoms with Crippen LogP contribution in [0, 0.1) is 17.2 Å². The highest BCUT2D eigenvalue weighted by molar-refractivity contribution is 5.96. The number of alkyl halides is 3. The summed E-state index contributed by atoms with van der Waals surface area (Å²) in [5.41, 5.74) is -0.909. The summed E-state index contributed by atoms with van der Waals surface area (Å²) < 4.78 is 42.0. The Kier molecular flexibility index (Phi) is 6.13. The molecule has 0 unspecified atom stereocenters. The number of hydrogen-bond acceptors (Lipinski definition) is 4. The van der Waals surface area contributed by atoms with Crippen molar-refractivity contribution in [2.75, 3.05) is 7.11 Å². The van der Waals surface area contributed by atoms with Crippen LogP contribution in [0.3, 0.4) is 0 Å². The van der Waals surface area contributed by atoms with Crippen LogP contribution in [-0.4, -0.2) is 25.0 Å². The number of ether oxygens (including phenoxy) is 1. The average molecular weight is 328 g/mol. The van der Waals surface area contributed by atoms with Gasteiger partial charge in [-0.25, -0.2) is 4.79 Å². The first-order valence-corrected chi connectivity index (χ1v) is 6.64. The fourth-order valence-corrected chi connectivity index (χ4v) is 1.81. The molecule has 1 aromatic carbocycles. The molecule has 0 radical (unpaired) electrons. The van der Waals surface area contributed by atoms with E-state index in [0.29, 0.717) is 0 Å². The number of carbonyl (C=O) groups is 2. The lowest BCUT2D eigenvalue weighted by Gasteiger charge is -2.17. The zero-order valence-corrected chi connectivity index (χ0v) is 12.5. The highest BCUT2D eigenvalue weighted by atomic mass is 19.4. The van der Waals surface area contributed by atoms with Crippen molar-refractivity contribution in [2.45, 2.75) is 25.6 Å². The highest BCUT2D eigenvalue weighted by Gasteiger charge is 2.30. The molecule has 0 fully saturated rings. The first-order chi connectivity index (χ1) is 10.7. The predicted molar refractivity (Wildman–Crippen MR) is 74.1 cm³/mol. The van der Waals surface area contributed by atoms with E-state index in [2.05, 4.69) is 10.1 Å². The number of nitriles is 1. The summed E-state index contributed by atoms with van der Waals surface area (Å²) in [6.45, 7) is 1.57. The van der Waals surface area contributed by atoms with Crippen molar-refractivity contribution in [3.05, 3.63) is 35.4 Å². The van der Waals surface area contributed by atoms with Gasteiger partial charge in [0.1, 0.15) is 6.04 Å². The maximum Gasteiger partial charge on any atom is 0.416 e. The standard InChI is InChI=1S/C15H15F3N2O3/c1-9(8-19)7-12(14(22)23-2)20-13(21)10-3-5-11(6-4-10)15(16,17)18/h3-6,9,12H,7H2,1-2H3,(H,20,21)/t9-,12+/m1/s1. The molecule has 5 nitrogen and oxygen atoms in total. The van der Waals surface area contributed by atoms with Crippen LogP contribution in [0.15, 0.2) is 24.3 Å². The van der Waals surface area contributed by atoms with Gasteiger partial charge in [0.15, 0.2) is 0 Å². The fraction of sp³-hybridized carbons (Fsp3) is 0.400. The van der Waals surface area contributed by atoms with Crippen molar-refractivity contribution in [1.82, 2.24) is 5.32 Å². The van der Waals surface area contributed by atoms with Crippen LogP contribution in [0.1, 0.15) is 29.3 Å². The van der Waals surface area contributed by atoms with Crippen LogP contribution in [-0.2, 0) is 15.7 Å². The molecule has 1 N–H and O–H groups in total. The Morgan fingerprint density at radius 3 is 2.30 bits per heavy atom. The second-order valence-electron chi connectivity index (χ2n) is 4.89. The Balaban J connectivity index is 2.86. The number of nitrogens with one attached hydrogen (secondary N) is 1. The molecule has 124 valence electrons. The highest BCUT2D eigenvalue weighted by Crippen LogP contribution is 2.29. The van der Waals surface area contributed by atoms with E-state index < -0.39 is 35.6 Å². The SMILES string of the molecule is COC(=O)[C@H](C[C@@H](C)C#N)NC(=O)c1ccc(C(F)(F)F)cc1. The van der Waals surface area contributed by atoms with E-state index in [4.69, 9.17) is 5.26 Å². The van der Waals surface area contributed by atoms with E-state index in [1.165, 1.54) is 0 Å². The summed E-state index contributed by atoms with van der Waals surface area (Å²) in [4.78, 5) is 23.6. The summed E-state index contributed by atoms with van der Waals surface area (Å²) in [6, 6.07) is 4.46. The van der Waals surface area contributed by atoms with Crippen LogP contribution < -0.4 is 5.32 Å². The minimum absolute atomic E-state index is 0.0310. The van der Waals surface area contributed by atoms with Crippen molar-refractivity contribution in [2.24, 2.45) is 5.92 Å². The summed E-state index contributed by atoms with van der Waals surface area (Å²) in [5, 5.41) is 11.1. The molecule has 8 heteroatoms. The first-order valence-electron chi connectivity index (χ1n) is 6.64. The van der Waals surface area contributed by atoms with Gasteiger partial charge in [0.05, 0.1) is 18.7 Å². The molecule has 0 aliphatic carbocycles. The lowest BCUT2D eigenvalue weighted by molar-refractivity contribution is -0.143. The van der Waals surface area contributed by atoms with E-state index in [1.54, 1.807) is 6.92 Å². The third kappa shape index (κ3) is 5.29. The van der Waals surface area contributed by atoms with Crippen molar-refractivity contribution in [1.29, 1.82) is 5.26 Å². The third-order valence-corrected chi connectivity index (χ3v) is 3.08. The number of amides is 1. The molecule has 0 spiro atoms. The molecule has 0 saturated carbocycles. The Hall–Kier alpha value is -2.56. The summed E-state index contributed by atoms with van der Waals surface area (Å²) in [6.07, 6.45) is -4.46. The zero-order chi connectivity index (χ0) is 17.6. The number of esters is 1. The van der Waals surface area contributed by atoms with Crippen molar-refractivity contribution >= 4 is 11.9 Å². The van der Waals surface area contributed by atoms with Gasteiger partial charge in [-0.3, -0.25) is 4.79 Å². The second-order valence-corrected chi connectivity index (χ2v) is 4.89. The molecule has 23 heavy (non-hydrogen) atoms. The topological polar surface area (TPSA) is 79.2 Å². The molecule has 0 aromatic heterocycles. The quantitative estimate of drug-likeness (QED) is 0.843. The zero-order valence-electron chi connectivity index (χ0n) is 12.5. The number of nitrogens with zero attached hydrogens (tertiary/aromatic N) is 1. The van der Waals surface area contributed by atoms with Gasteiger partial charge in [-0.1, -0.05) is 0 Å². The molecule has 2 atom stereocenters.